The second-order valence-electron chi connectivity index (χ2n) is 6.63. The lowest BCUT2D eigenvalue weighted by Gasteiger charge is -2.22. The highest BCUT2D eigenvalue weighted by molar-refractivity contribution is 6.07. The smallest absolute Gasteiger partial charge is 0.325 e. The molecule has 0 spiro atoms. The van der Waals surface area contributed by atoms with E-state index in [0.29, 0.717) is 5.75 Å². The third kappa shape index (κ3) is 2.97. The van der Waals surface area contributed by atoms with E-state index in [1.54, 1.807) is 14.0 Å². The predicted molar refractivity (Wildman–Crippen MR) is 95.3 cm³/mol. The van der Waals surface area contributed by atoms with E-state index in [4.69, 9.17) is 4.74 Å². The van der Waals surface area contributed by atoms with Gasteiger partial charge in [0.15, 0.2) is 0 Å². The van der Waals surface area contributed by atoms with Crippen LogP contribution in [0.3, 0.4) is 0 Å². The number of amides is 3. The van der Waals surface area contributed by atoms with Crippen LogP contribution in [0.1, 0.15) is 29.2 Å². The Kier molecular flexibility index (Phi) is 4.25. The van der Waals surface area contributed by atoms with Crippen LogP contribution in [0.5, 0.6) is 5.75 Å². The van der Waals surface area contributed by atoms with Gasteiger partial charge < -0.3 is 10.1 Å². The van der Waals surface area contributed by atoms with Gasteiger partial charge in [-0.2, -0.15) is 0 Å². The van der Waals surface area contributed by atoms with E-state index in [2.05, 4.69) is 5.32 Å². The summed E-state index contributed by atoms with van der Waals surface area (Å²) in [6.45, 7) is 5.87. The van der Waals surface area contributed by atoms with Crippen molar-refractivity contribution in [3.05, 3.63) is 64.7 Å². The largest absolute Gasteiger partial charge is 0.496 e. The Morgan fingerprint density at radius 3 is 2.32 bits per heavy atom. The number of hydrogen-bond donors (Lipinski definition) is 1. The molecule has 0 saturated carbocycles. The van der Waals surface area contributed by atoms with E-state index in [9.17, 15) is 9.59 Å². The normalized spacial score (nSPS) is 19.9. The summed E-state index contributed by atoms with van der Waals surface area (Å²) < 4.78 is 5.36. The summed E-state index contributed by atoms with van der Waals surface area (Å²) in [7, 11) is 1.58. The fourth-order valence-electron chi connectivity index (χ4n) is 3.12. The Labute approximate surface area is 147 Å². The molecule has 0 bridgehead atoms. The van der Waals surface area contributed by atoms with E-state index in [1.165, 1.54) is 4.90 Å². The maximum Gasteiger partial charge on any atom is 0.325 e. The van der Waals surface area contributed by atoms with Gasteiger partial charge >= 0.3 is 6.03 Å². The molecule has 0 radical (unpaired) electrons. The van der Waals surface area contributed by atoms with Crippen LogP contribution in [0.15, 0.2) is 42.5 Å². The molecule has 1 aliphatic heterocycles. The second-order valence-corrected chi connectivity index (χ2v) is 6.63. The second kappa shape index (κ2) is 6.24. The quantitative estimate of drug-likeness (QED) is 0.871. The molecule has 0 aromatic heterocycles. The van der Waals surface area contributed by atoms with Crippen LogP contribution in [0.25, 0.3) is 0 Å². The first kappa shape index (κ1) is 17.0. The number of nitrogens with one attached hydrogen (secondary N) is 1. The molecule has 2 aromatic carbocycles. The highest BCUT2D eigenvalue weighted by atomic mass is 16.5. The van der Waals surface area contributed by atoms with Crippen molar-refractivity contribution in [2.75, 3.05) is 7.11 Å². The zero-order chi connectivity index (χ0) is 18.2. The van der Waals surface area contributed by atoms with Gasteiger partial charge in [0.25, 0.3) is 5.91 Å². The predicted octanol–water partition coefficient (Wildman–Crippen LogP) is 3.28. The molecule has 1 fully saturated rings. The summed E-state index contributed by atoms with van der Waals surface area (Å²) in [5, 5.41) is 2.83. The molecule has 2 aromatic rings. The molecule has 5 heteroatoms. The van der Waals surface area contributed by atoms with E-state index in [0.717, 1.165) is 22.3 Å². The molecule has 1 saturated heterocycles. The molecule has 1 heterocycles. The maximum absolute atomic E-state index is 13.0. The highest BCUT2D eigenvalue weighted by Crippen LogP contribution is 2.31. The van der Waals surface area contributed by atoms with Crippen LogP contribution >= 0.6 is 0 Å². The van der Waals surface area contributed by atoms with Gasteiger partial charge in [-0.25, -0.2) is 4.79 Å². The van der Waals surface area contributed by atoms with Crippen molar-refractivity contribution >= 4 is 11.9 Å². The molecule has 130 valence electrons. The maximum atomic E-state index is 13.0. The van der Waals surface area contributed by atoms with Gasteiger partial charge in [-0.3, -0.25) is 9.69 Å². The Balaban J connectivity index is 1.92. The van der Waals surface area contributed by atoms with Crippen molar-refractivity contribution in [2.45, 2.75) is 32.9 Å². The van der Waals surface area contributed by atoms with Crippen LogP contribution in [-0.4, -0.2) is 23.9 Å². The van der Waals surface area contributed by atoms with Crippen molar-refractivity contribution in [1.29, 1.82) is 0 Å². The van der Waals surface area contributed by atoms with Crippen molar-refractivity contribution in [1.82, 2.24) is 10.2 Å². The first-order valence-corrected chi connectivity index (χ1v) is 8.20. The molecule has 25 heavy (non-hydrogen) atoms. The Morgan fingerprint density at radius 1 is 1.04 bits per heavy atom. The Morgan fingerprint density at radius 2 is 1.68 bits per heavy atom. The fraction of sp³-hybridized carbons (Fsp3) is 0.300. The van der Waals surface area contributed by atoms with Gasteiger partial charge in [0.1, 0.15) is 11.3 Å². The molecular weight excluding hydrogens is 316 g/mol. The molecule has 1 atom stereocenters. The van der Waals surface area contributed by atoms with Gasteiger partial charge in [-0.05, 0) is 32.4 Å². The lowest BCUT2D eigenvalue weighted by Crippen LogP contribution is -2.40. The van der Waals surface area contributed by atoms with Crippen molar-refractivity contribution in [2.24, 2.45) is 0 Å². The number of carbonyl (C=O) groups is 2. The summed E-state index contributed by atoms with van der Waals surface area (Å²) >= 11 is 0. The molecule has 5 nitrogen and oxygen atoms in total. The lowest BCUT2D eigenvalue weighted by atomic mass is 9.91. The minimum Gasteiger partial charge on any atom is -0.496 e. The average Bonchev–Trinajstić information content (AvgIpc) is 2.80. The summed E-state index contributed by atoms with van der Waals surface area (Å²) in [5.74, 6) is 0.403. The minimum atomic E-state index is -1.05. The zero-order valence-corrected chi connectivity index (χ0v) is 14.9. The summed E-state index contributed by atoms with van der Waals surface area (Å²) in [6.07, 6.45) is 0. The molecule has 3 amide bonds. The number of rotatable bonds is 4. The number of aryl methyl sites for hydroxylation is 2. The molecule has 1 N–H and O–H groups in total. The Hall–Kier alpha value is -2.82. The minimum absolute atomic E-state index is 0.178. The van der Waals surface area contributed by atoms with E-state index in [1.807, 2.05) is 56.3 Å². The third-order valence-corrected chi connectivity index (χ3v) is 4.67. The summed E-state index contributed by atoms with van der Waals surface area (Å²) in [4.78, 5) is 26.7. The van der Waals surface area contributed by atoms with E-state index >= 15 is 0 Å². The van der Waals surface area contributed by atoms with Gasteiger partial charge in [-0.1, -0.05) is 47.5 Å². The van der Waals surface area contributed by atoms with Crippen molar-refractivity contribution in [3.63, 3.8) is 0 Å². The van der Waals surface area contributed by atoms with E-state index < -0.39 is 11.6 Å². The van der Waals surface area contributed by atoms with E-state index in [-0.39, 0.29) is 12.5 Å². The third-order valence-electron chi connectivity index (χ3n) is 4.67. The lowest BCUT2D eigenvalue weighted by molar-refractivity contribution is -0.131. The number of carbonyl (C=O) groups excluding carboxylic acids is 2. The fourth-order valence-corrected chi connectivity index (χ4v) is 3.12. The molecule has 0 unspecified atom stereocenters. The van der Waals surface area contributed by atoms with Gasteiger partial charge in [-0.15, -0.1) is 0 Å². The SMILES string of the molecule is COc1ccc(C)cc1CN1C(=O)N[C@@](C)(c2ccc(C)cc2)C1=O. The number of methoxy groups -OCH3 is 1. The standard InChI is InChI=1S/C20H22N2O3/c1-13-5-8-16(9-6-13)20(3)18(23)22(19(24)21-20)12-15-11-14(2)7-10-17(15)25-4/h5-11H,12H2,1-4H3,(H,21,24)/t20-/m0/s1. The number of imide groups is 1. The first-order valence-electron chi connectivity index (χ1n) is 8.20. The van der Waals surface area contributed by atoms with Gasteiger partial charge in [0.05, 0.1) is 13.7 Å². The average molecular weight is 338 g/mol. The van der Waals surface area contributed by atoms with Crippen LogP contribution in [-0.2, 0) is 16.9 Å². The number of nitrogens with zero attached hydrogens (tertiary/aromatic N) is 1. The first-order chi connectivity index (χ1) is 11.8. The molecule has 0 aliphatic carbocycles. The number of benzene rings is 2. The van der Waals surface area contributed by atoms with Crippen LogP contribution in [0.4, 0.5) is 4.79 Å². The topological polar surface area (TPSA) is 58.6 Å². The summed E-state index contributed by atoms with van der Waals surface area (Å²) in [5.41, 5.74) is 2.67. The monoisotopic (exact) mass is 338 g/mol. The van der Waals surface area contributed by atoms with Crippen molar-refractivity contribution < 1.29 is 14.3 Å². The van der Waals surface area contributed by atoms with Crippen LogP contribution in [0, 0.1) is 13.8 Å². The van der Waals surface area contributed by atoms with Crippen molar-refractivity contribution in [3.8, 4) is 5.75 Å². The van der Waals surface area contributed by atoms with Gasteiger partial charge in [0.2, 0.25) is 0 Å². The highest BCUT2D eigenvalue weighted by Gasteiger charge is 2.49. The number of urea groups is 1. The zero-order valence-electron chi connectivity index (χ0n) is 14.9. The number of ether oxygens (including phenoxy) is 1. The molecule has 3 rings (SSSR count). The summed E-state index contributed by atoms with van der Waals surface area (Å²) in [6, 6.07) is 13.0. The number of hydrogen-bond acceptors (Lipinski definition) is 3. The Bertz CT molecular complexity index is 829. The van der Waals surface area contributed by atoms with Crippen LogP contribution in [0.2, 0.25) is 0 Å². The van der Waals surface area contributed by atoms with Gasteiger partial charge in [0, 0.05) is 5.56 Å². The molecular formula is C20H22N2O3. The molecule has 1 aliphatic rings. The van der Waals surface area contributed by atoms with Crippen LogP contribution < -0.4 is 10.1 Å².